The van der Waals surface area contributed by atoms with Crippen molar-refractivity contribution in [1.29, 1.82) is 0 Å². The van der Waals surface area contributed by atoms with E-state index in [1.807, 2.05) is 42.1 Å². The number of benzene rings is 1. The van der Waals surface area contributed by atoms with Crippen molar-refractivity contribution in [2.45, 2.75) is 57.8 Å². The van der Waals surface area contributed by atoms with E-state index in [4.69, 9.17) is 4.74 Å². The quantitative estimate of drug-likeness (QED) is 0.874. The van der Waals surface area contributed by atoms with Crippen LogP contribution in [0, 0.1) is 0 Å². The fourth-order valence-corrected chi connectivity index (χ4v) is 3.73. The van der Waals surface area contributed by atoms with Crippen LogP contribution in [0.15, 0.2) is 36.5 Å². The van der Waals surface area contributed by atoms with Gasteiger partial charge in [-0.05, 0) is 63.9 Å². The van der Waals surface area contributed by atoms with Gasteiger partial charge in [0, 0.05) is 24.8 Å². The minimum Gasteiger partial charge on any atom is -0.497 e. The van der Waals surface area contributed by atoms with Crippen LogP contribution < -0.4 is 4.74 Å². The molecule has 5 nitrogen and oxygen atoms in total. The first-order valence-electron chi connectivity index (χ1n) is 9.07. The van der Waals surface area contributed by atoms with Crippen LogP contribution in [-0.2, 0) is 12.1 Å². The molecule has 0 aliphatic carbocycles. The van der Waals surface area contributed by atoms with Gasteiger partial charge in [-0.25, -0.2) is 0 Å². The van der Waals surface area contributed by atoms with Gasteiger partial charge < -0.3 is 9.84 Å². The molecular formula is C20H29N3O2. The molecule has 25 heavy (non-hydrogen) atoms. The summed E-state index contributed by atoms with van der Waals surface area (Å²) in [6.45, 7) is 7.94. The summed E-state index contributed by atoms with van der Waals surface area (Å²) in [6.07, 6.45) is 4.12. The standard InChI is InChI=1S/C20H29N3O2/c1-15(2)23-13-11-17(21-23)14-22-12-5-6-19(22)20(3,24)16-7-9-18(25-4)10-8-16/h7-11,13,15,19,24H,5-6,12,14H2,1-4H3/t19-,20-/m1/s1. The second-order valence-corrected chi connectivity index (χ2v) is 7.39. The summed E-state index contributed by atoms with van der Waals surface area (Å²) in [5.41, 5.74) is 1.09. The van der Waals surface area contributed by atoms with E-state index < -0.39 is 5.60 Å². The number of likely N-dealkylation sites (tertiary alicyclic amines) is 1. The molecule has 0 bridgehead atoms. The van der Waals surface area contributed by atoms with Gasteiger partial charge in [-0.2, -0.15) is 5.10 Å². The molecule has 2 heterocycles. The number of aromatic nitrogens is 2. The zero-order chi connectivity index (χ0) is 18.0. The zero-order valence-corrected chi connectivity index (χ0v) is 15.6. The van der Waals surface area contributed by atoms with Crippen LogP contribution in [0.2, 0.25) is 0 Å². The van der Waals surface area contributed by atoms with Crippen molar-refractivity contribution in [1.82, 2.24) is 14.7 Å². The lowest BCUT2D eigenvalue weighted by Crippen LogP contribution is -2.45. The second-order valence-electron chi connectivity index (χ2n) is 7.39. The highest BCUT2D eigenvalue weighted by atomic mass is 16.5. The van der Waals surface area contributed by atoms with Gasteiger partial charge in [-0.15, -0.1) is 0 Å². The highest BCUT2D eigenvalue weighted by Gasteiger charge is 2.40. The normalized spacial score (nSPS) is 20.8. The van der Waals surface area contributed by atoms with Gasteiger partial charge in [0.15, 0.2) is 0 Å². The third kappa shape index (κ3) is 3.72. The highest BCUT2D eigenvalue weighted by Crippen LogP contribution is 2.36. The first-order chi connectivity index (χ1) is 11.9. The molecule has 2 aromatic rings. The number of methoxy groups -OCH3 is 1. The van der Waals surface area contributed by atoms with E-state index in [9.17, 15) is 5.11 Å². The van der Waals surface area contributed by atoms with Crippen LogP contribution in [-0.4, -0.2) is 39.5 Å². The number of ether oxygens (including phenoxy) is 1. The molecule has 1 aromatic carbocycles. The molecule has 0 saturated carbocycles. The van der Waals surface area contributed by atoms with Crippen LogP contribution in [0.3, 0.4) is 0 Å². The molecule has 0 spiro atoms. The van der Waals surface area contributed by atoms with E-state index in [2.05, 4.69) is 29.9 Å². The summed E-state index contributed by atoms with van der Waals surface area (Å²) < 4.78 is 7.21. The predicted octanol–water partition coefficient (Wildman–Crippen LogP) is 3.34. The lowest BCUT2D eigenvalue weighted by Gasteiger charge is -2.36. The first-order valence-corrected chi connectivity index (χ1v) is 9.07. The van der Waals surface area contributed by atoms with Crippen molar-refractivity contribution < 1.29 is 9.84 Å². The Morgan fingerprint density at radius 3 is 2.60 bits per heavy atom. The van der Waals surface area contributed by atoms with E-state index in [0.29, 0.717) is 6.04 Å². The largest absolute Gasteiger partial charge is 0.497 e. The van der Waals surface area contributed by atoms with Crippen LogP contribution in [0.5, 0.6) is 5.75 Å². The molecule has 1 aliphatic heterocycles. The molecule has 1 saturated heterocycles. The highest BCUT2D eigenvalue weighted by molar-refractivity contribution is 5.31. The first kappa shape index (κ1) is 18.0. The SMILES string of the molecule is COc1ccc([C@@](C)(O)[C@H]2CCCN2Cc2ccn(C(C)C)n2)cc1. The molecule has 0 unspecified atom stereocenters. The Morgan fingerprint density at radius 2 is 2.00 bits per heavy atom. The Labute approximate surface area is 150 Å². The van der Waals surface area contributed by atoms with Crippen LogP contribution in [0.25, 0.3) is 0 Å². The molecule has 1 aromatic heterocycles. The second kappa shape index (κ2) is 7.18. The van der Waals surface area contributed by atoms with Gasteiger partial charge in [0.25, 0.3) is 0 Å². The van der Waals surface area contributed by atoms with Gasteiger partial charge >= 0.3 is 0 Å². The average molecular weight is 343 g/mol. The van der Waals surface area contributed by atoms with E-state index in [-0.39, 0.29) is 6.04 Å². The van der Waals surface area contributed by atoms with E-state index in [1.165, 1.54) is 0 Å². The van der Waals surface area contributed by atoms with Crippen LogP contribution >= 0.6 is 0 Å². The summed E-state index contributed by atoms with van der Waals surface area (Å²) >= 11 is 0. The van der Waals surface area contributed by atoms with E-state index in [0.717, 1.165) is 42.9 Å². The van der Waals surface area contributed by atoms with Crippen LogP contribution in [0.4, 0.5) is 0 Å². The smallest absolute Gasteiger partial charge is 0.118 e. The third-order valence-electron chi connectivity index (χ3n) is 5.24. The lowest BCUT2D eigenvalue weighted by molar-refractivity contribution is -0.0258. The van der Waals surface area contributed by atoms with Gasteiger partial charge in [0.05, 0.1) is 12.8 Å². The molecule has 0 amide bonds. The minimum absolute atomic E-state index is 0.0881. The van der Waals surface area contributed by atoms with Crippen molar-refractivity contribution >= 4 is 0 Å². The number of aliphatic hydroxyl groups is 1. The predicted molar refractivity (Wildman–Crippen MR) is 98.6 cm³/mol. The number of hydrogen-bond acceptors (Lipinski definition) is 4. The molecule has 5 heteroatoms. The summed E-state index contributed by atoms with van der Waals surface area (Å²) in [4.78, 5) is 2.36. The Bertz CT molecular complexity index is 691. The Kier molecular flexibility index (Phi) is 5.16. The summed E-state index contributed by atoms with van der Waals surface area (Å²) in [6, 6.07) is 10.3. The maximum atomic E-state index is 11.3. The summed E-state index contributed by atoms with van der Waals surface area (Å²) in [7, 11) is 1.65. The van der Waals surface area contributed by atoms with Crippen molar-refractivity contribution in [2.24, 2.45) is 0 Å². The van der Waals surface area contributed by atoms with Gasteiger partial charge in [0.1, 0.15) is 11.4 Å². The Morgan fingerprint density at radius 1 is 1.28 bits per heavy atom. The molecule has 136 valence electrons. The van der Waals surface area contributed by atoms with Crippen molar-refractivity contribution in [2.75, 3.05) is 13.7 Å². The Hall–Kier alpha value is -1.85. The number of rotatable bonds is 6. The Balaban J connectivity index is 1.76. The maximum Gasteiger partial charge on any atom is 0.118 e. The topological polar surface area (TPSA) is 50.5 Å². The zero-order valence-electron chi connectivity index (χ0n) is 15.6. The molecular weight excluding hydrogens is 314 g/mol. The van der Waals surface area contributed by atoms with Gasteiger partial charge in [0.2, 0.25) is 0 Å². The van der Waals surface area contributed by atoms with Crippen molar-refractivity contribution in [3.05, 3.63) is 47.8 Å². The van der Waals surface area contributed by atoms with Gasteiger partial charge in [-0.3, -0.25) is 9.58 Å². The average Bonchev–Trinajstić information content (AvgIpc) is 3.25. The molecule has 1 N–H and O–H groups in total. The fraction of sp³-hybridized carbons (Fsp3) is 0.550. The van der Waals surface area contributed by atoms with E-state index in [1.54, 1.807) is 7.11 Å². The van der Waals surface area contributed by atoms with Gasteiger partial charge in [-0.1, -0.05) is 12.1 Å². The summed E-state index contributed by atoms with van der Waals surface area (Å²) in [5.74, 6) is 0.807. The van der Waals surface area contributed by atoms with Crippen LogP contribution in [0.1, 0.15) is 50.9 Å². The molecule has 3 rings (SSSR count). The van der Waals surface area contributed by atoms with Crippen molar-refractivity contribution in [3.63, 3.8) is 0 Å². The maximum absolute atomic E-state index is 11.3. The summed E-state index contributed by atoms with van der Waals surface area (Å²) in [5, 5.41) is 15.9. The molecule has 0 radical (unpaired) electrons. The number of hydrogen-bond donors (Lipinski definition) is 1. The van der Waals surface area contributed by atoms with Crippen molar-refractivity contribution in [3.8, 4) is 5.75 Å². The lowest BCUT2D eigenvalue weighted by atomic mass is 9.86. The number of nitrogens with zero attached hydrogens (tertiary/aromatic N) is 3. The molecule has 2 atom stereocenters. The monoisotopic (exact) mass is 343 g/mol. The molecule has 1 aliphatic rings. The molecule has 1 fully saturated rings. The third-order valence-corrected chi connectivity index (χ3v) is 5.24. The van der Waals surface area contributed by atoms with E-state index >= 15 is 0 Å². The minimum atomic E-state index is -0.899. The fourth-order valence-electron chi connectivity index (χ4n) is 3.73.